The molecule has 0 aliphatic heterocycles. The number of hydrogen-bond acceptors (Lipinski definition) is 3. The summed E-state index contributed by atoms with van der Waals surface area (Å²) >= 11 is 0. The molecule has 0 spiro atoms. The molecular formula is C15H25N3O3. The molecule has 0 saturated carbocycles. The molecule has 0 saturated heterocycles. The van der Waals surface area contributed by atoms with Crippen molar-refractivity contribution < 1.29 is 14.7 Å². The van der Waals surface area contributed by atoms with Gasteiger partial charge in [0.05, 0.1) is 5.69 Å². The standard InChI is InChI=1S/C15H25N3O3/c1-6-7-8-10(14(20)21)16-13(19)11-9-12(15(2,3)4)17-18(11)5/h9-10H,6-8H2,1-5H3,(H,16,19)(H,20,21)/t10-/m0/s1. The van der Waals surface area contributed by atoms with Crippen LogP contribution in [0, 0.1) is 0 Å². The minimum atomic E-state index is -1.00. The maximum Gasteiger partial charge on any atom is 0.326 e. The van der Waals surface area contributed by atoms with Crippen molar-refractivity contribution in [2.24, 2.45) is 7.05 Å². The molecule has 0 bridgehead atoms. The van der Waals surface area contributed by atoms with E-state index < -0.39 is 17.9 Å². The average molecular weight is 295 g/mol. The number of carboxylic acid groups (broad SMARTS) is 1. The quantitative estimate of drug-likeness (QED) is 0.841. The Bertz CT molecular complexity index is 515. The van der Waals surface area contributed by atoms with E-state index in [-0.39, 0.29) is 5.41 Å². The van der Waals surface area contributed by atoms with Crippen LogP contribution in [-0.2, 0) is 17.3 Å². The van der Waals surface area contributed by atoms with E-state index >= 15 is 0 Å². The summed E-state index contributed by atoms with van der Waals surface area (Å²) in [4.78, 5) is 23.4. The molecule has 6 nitrogen and oxygen atoms in total. The van der Waals surface area contributed by atoms with Gasteiger partial charge >= 0.3 is 5.97 Å². The average Bonchev–Trinajstić information content (AvgIpc) is 2.76. The molecule has 1 atom stereocenters. The van der Waals surface area contributed by atoms with Crippen molar-refractivity contribution in [1.82, 2.24) is 15.1 Å². The zero-order chi connectivity index (χ0) is 16.2. The third-order valence-electron chi connectivity index (χ3n) is 3.33. The number of carboxylic acids is 1. The van der Waals surface area contributed by atoms with Crippen molar-refractivity contribution >= 4 is 11.9 Å². The van der Waals surface area contributed by atoms with Crippen molar-refractivity contribution in [2.45, 2.75) is 58.4 Å². The summed E-state index contributed by atoms with van der Waals surface area (Å²) in [5.74, 6) is -1.40. The first-order valence-electron chi connectivity index (χ1n) is 7.25. The molecule has 1 heterocycles. The summed E-state index contributed by atoms with van der Waals surface area (Å²) in [6, 6.07) is 0.860. The molecule has 21 heavy (non-hydrogen) atoms. The van der Waals surface area contributed by atoms with Crippen LogP contribution in [0.15, 0.2) is 6.07 Å². The van der Waals surface area contributed by atoms with Gasteiger partial charge in [-0.2, -0.15) is 5.10 Å². The molecule has 1 aromatic heterocycles. The molecule has 0 aromatic carbocycles. The van der Waals surface area contributed by atoms with Crippen LogP contribution in [0.2, 0.25) is 0 Å². The number of unbranched alkanes of at least 4 members (excludes halogenated alkanes) is 1. The lowest BCUT2D eigenvalue weighted by Crippen LogP contribution is -2.41. The van der Waals surface area contributed by atoms with E-state index in [1.54, 1.807) is 13.1 Å². The van der Waals surface area contributed by atoms with Gasteiger partial charge in [0.25, 0.3) is 5.91 Å². The lowest BCUT2D eigenvalue weighted by molar-refractivity contribution is -0.139. The molecule has 0 radical (unpaired) electrons. The van der Waals surface area contributed by atoms with Gasteiger partial charge in [-0.25, -0.2) is 4.79 Å². The number of aliphatic carboxylic acids is 1. The van der Waals surface area contributed by atoms with E-state index in [9.17, 15) is 9.59 Å². The maximum absolute atomic E-state index is 12.2. The van der Waals surface area contributed by atoms with Crippen LogP contribution in [0.3, 0.4) is 0 Å². The third-order valence-corrected chi connectivity index (χ3v) is 3.33. The smallest absolute Gasteiger partial charge is 0.326 e. The van der Waals surface area contributed by atoms with E-state index in [4.69, 9.17) is 5.11 Å². The van der Waals surface area contributed by atoms with Crippen LogP contribution in [0.25, 0.3) is 0 Å². The number of amides is 1. The second kappa shape index (κ2) is 6.74. The molecule has 2 N–H and O–H groups in total. The fourth-order valence-corrected chi connectivity index (χ4v) is 1.94. The van der Waals surface area contributed by atoms with Gasteiger partial charge in [-0.05, 0) is 12.5 Å². The van der Waals surface area contributed by atoms with Gasteiger partial charge in [-0.1, -0.05) is 40.5 Å². The van der Waals surface area contributed by atoms with Crippen molar-refractivity contribution in [3.63, 3.8) is 0 Å². The number of aromatic nitrogens is 2. The highest BCUT2D eigenvalue weighted by atomic mass is 16.4. The van der Waals surface area contributed by atoms with Crippen LogP contribution in [0.5, 0.6) is 0 Å². The second-order valence-electron chi connectivity index (χ2n) is 6.29. The Morgan fingerprint density at radius 1 is 1.43 bits per heavy atom. The normalized spacial score (nSPS) is 13.0. The van der Waals surface area contributed by atoms with Gasteiger partial charge < -0.3 is 10.4 Å². The van der Waals surface area contributed by atoms with Crippen LogP contribution in [0.1, 0.15) is 63.1 Å². The first kappa shape index (κ1) is 17.2. The van der Waals surface area contributed by atoms with Crippen molar-refractivity contribution in [2.75, 3.05) is 0 Å². The van der Waals surface area contributed by atoms with Crippen LogP contribution in [-0.4, -0.2) is 32.8 Å². The molecule has 1 aromatic rings. The molecule has 118 valence electrons. The van der Waals surface area contributed by atoms with Crippen LogP contribution >= 0.6 is 0 Å². The zero-order valence-corrected chi connectivity index (χ0v) is 13.4. The Morgan fingerprint density at radius 2 is 2.05 bits per heavy atom. The van der Waals surface area contributed by atoms with E-state index in [0.717, 1.165) is 18.5 Å². The Balaban J connectivity index is 2.88. The summed E-state index contributed by atoms with van der Waals surface area (Å²) < 4.78 is 1.49. The van der Waals surface area contributed by atoms with Gasteiger partial charge in [0.15, 0.2) is 0 Å². The summed E-state index contributed by atoms with van der Waals surface area (Å²) in [5, 5.41) is 16.1. The number of hydrogen-bond donors (Lipinski definition) is 2. The molecule has 0 unspecified atom stereocenters. The zero-order valence-electron chi connectivity index (χ0n) is 13.4. The van der Waals surface area contributed by atoms with Crippen molar-refractivity contribution in [1.29, 1.82) is 0 Å². The molecule has 0 aliphatic rings. The Hall–Kier alpha value is -1.85. The van der Waals surface area contributed by atoms with E-state index in [2.05, 4.69) is 10.4 Å². The SMILES string of the molecule is CCCC[C@H](NC(=O)c1cc(C(C)(C)C)nn1C)C(=O)O. The number of nitrogens with one attached hydrogen (secondary N) is 1. The molecule has 6 heteroatoms. The van der Waals surface area contributed by atoms with E-state index in [0.29, 0.717) is 12.1 Å². The molecule has 1 rings (SSSR count). The maximum atomic E-state index is 12.2. The highest BCUT2D eigenvalue weighted by Gasteiger charge is 2.25. The Morgan fingerprint density at radius 3 is 2.48 bits per heavy atom. The van der Waals surface area contributed by atoms with E-state index in [1.165, 1.54) is 4.68 Å². The summed E-state index contributed by atoms with van der Waals surface area (Å²) in [7, 11) is 1.69. The first-order valence-corrected chi connectivity index (χ1v) is 7.25. The van der Waals surface area contributed by atoms with Crippen molar-refractivity contribution in [3.05, 3.63) is 17.5 Å². The first-order chi connectivity index (χ1) is 9.66. The number of carbonyl (C=O) groups is 2. The topological polar surface area (TPSA) is 84.2 Å². The summed E-state index contributed by atoms with van der Waals surface area (Å²) in [5.41, 5.74) is 1.02. The van der Waals surface area contributed by atoms with Gasteiger partial charge in [-0.3, -0.25) is 9.48 Å². The van der Waals surface area contributed by atoms with Gasteiger partial charge in [0.1, 0.15) is 11.7 Å². The van der Waals surface area contributed by atoms with Crippen LogP contribution < -0.4 is 5.32 Å². The largest absolute Gasteiger partial charge is 0.480 e. The number of carbonyl (C=O) groups excluding carboxylic acids is 1. The fraction of sp³-hybridized carbons (Fsp3) is 0.667. The summed E-state index contributed by atoms with van der Waals surface area (Å²) in [6.07, 6.45) is 2.08. The molecule has 0 fully saturated rings. The van der Waals surface area contributed by atoms with Gasteiger partial charge in [-0.15, -0.1) is 0 Å². The van der Waals surface area contributed by atoms with Crippen LogP contribution in [0.4, 0.5) is 0 Å². The van der Waals surface area contributed by atoms with Crippen molar-refractivity contribution in [3.8, 4) is 0 Å². The number of aryl methyl sites for hydroxylation is 1. The van der Waals surface area contributed by atoms with Gasteiger partial charge in [0.2, 0.25) is 0 Å². The lowest BCUT2D eigenvalue weighted by Gasteiger charge is -2.14. The third kappa shape index (κ3) is 4.58. The minimum Gasteiger partial charge on any atom is -0.480 e. The highest BCUT2D eigenvalue weighted by Crippen LogP contribution is 2.21. The lowest BCUT2D eigenvalue weighted by atomic mass is 9.92. The predicted molar refractivity (Wildman–Crippen MR) is 80.3 cm³/mol. The monoisotopic (exact) mass is 295 g/mol. The van der Waals surface area contributed by atoms with E-state index in [1.807, 2.05) is 27.7 Å². The highest BCUT2D eigenvalue weighted by molar-refractivity contribution is 5.95. The molecule has 1 amide bonds. The molecule has 0 aliphatic carbocycles. The fourth-order valence-electron chi connectivity index (χ4n) is 1.94. The Kier molecular flexibility index (Phi) is 5.52. The molecular weight excluding hydrogens is 270 g/mol. The van der Waals surface area contributed by atoms with Gasteiger partial charge in [0, 0.05) is 12.5 Å². The Labute approximate surface area is 125 Å². The predicted octanol–water partition coefficient (Wildman–Crippen LogP) is 2.09. The summed E-state index contributed by atoms with van der Waals surface area (Å²) in [6.45, 7) is 8.02. The minimum absolute atomic E-state index is 0.162. The number of nitrogens with zero attached hydrogens (tertiary/aromatic N) is 2. The second-order valence-corrected chi connectivity index (χ2v) is 6.29. The number of rotatable bonds is 6.